The Morgan fingerprint density at radius 1 is 1.16 bits per heavy atom. The van der Waals surface area contributed by atoms with Gasteiger partial charge in [-0.2, -0.15) is 4.98 Å². The first-order valence-electron chi connectivity index (χ1n) is 8.80. The molecule has 7 heteroatoms. The first-order chi connectivity index (χ1) is 12.1. The minimum absolute atomic E-state index is 0.168. The molecule has 1 aliphatic heterocycles. The molecule has 1 fully saturated rings. The van der Waals surface area contributed by atoms with Gasteiger partial charge in [-0.15, -0.1) is 0 Å². The molecule has 0 saturated carbocycles. The first-order valence-corrected chi connectivity index (χ1v) is 8.80. The summed E-state index contributed by atoms with van der Waals surface area (Å²) < 4.78 is 7.43. The lowest BCUT2D eigenvalue weighted by Gasteiger charge is -2.36. The van der Waals surface area contributed by atoms with Gasteiger partial charge >= 0.3 is 0 Å². The minimum atomic E-state index is 0.168. The Kier molecular flexibility index (Phi) is 4.27. The molecule has 0 aliphatic carbocycles. The number of imidazole rings is 1. The van der Waals surface area contributed by atoms with Gasteiger partial charge in [0.15, 0.2) is 5.82 Å². The van der Waals surface area contributed by atoms with E-state index in [-0.39, 0.29) is 6.04 Å². The molecule has 7 nitrogen and oxygen atoms in total. The van der Waals surface area contributed by atoms with E-state index in [0.29, 0.717) is 11.7 Å². The van der Waals surface area contributed by atoms with Gasteiger partial charge < -0.3 is 8.92 Å². The molecule has 3 aromatic rings. The van der Waals surface area contributed by atoms with Crippen molar-refractivity contribution in [3.8, 4) is 0 Å². The van der Waals surface area contributed by atoms with Crippen molar-refractivity contribution in [3.05, 3.63) is 47.5 Å². The summed E-state index contributed by atoms with van der Waals surface area (Å²) >= 11 is 0. The molecule has 1 saturated heterocycles. The smallest absolute Gasteiger partial charge is 0.243 e. The molecule has 0 aromatic carbocycles. The maximum absolute atomic E-state index is 5.32. The van der Waals surface area contributed by atoms with Crippen molar-refractivity contribution in [2.45, 2.75) is 33.4 Å². The van der Waals surface area contributed by atoms with Crippen LogP contribution in [0, 0.1) is 13.8 Å². The second-order valence-corrected chi connectivity index (χ2v) is 6.82. The third-order valence-corrected chi connectivity index (χ3v) is 4.97. The van der Waals surface area contributed by atoms with Crippen LogP contribution in [-0.4, -0.2) is 55.5 Å². The Hall–Kier alpha value is -2.25. The van der Waals surface area contributed by atoms with Crippen LogP contribution in [0.1, 0.15) is 35.9 Å². The number of nitrogens with zero attached hydrogens (tertiary/aromatic N) is 6. The standard InChI is InChI=1S/C18H24N6O/c1-13-5-4-6-24-12-16(20-17(13)24)11-22-7-9-23(10-8-22)14(2)18-19-15(3)21-25-18/h4-6,12,14H,7-11H2,1-3H3/t14-/m0/s1. The zero-order valence-corrected chi connectivity index (χ0v) is 15.0. The highest BCUT2D eigenvalue weighted by Crippen LogP contribution is 2.21. The summed E-state index contributed by atoms with van der Waals surface area (Å²) in [6.45, 7) is 11.0. The average molecular weight is 340 g/mol. The van der Waals surface area contributed by atoms with Crippen LogP contribution in [0.25, 0.3) is 5.65 Å². The third-order valence-electron chi connectivity index (χ3n) is 4.97. The summed E-state index contributed by atoms with van der Waals surface area (Å²) in [6, 6.07) is 4.33. The van der Waals surface area contributed by atoms with Crippen molar-refractivity contribution in [1.29, 1.82) is 0 Å². The molecule has 3 aromatic heterocycles. The van der Waals surface area contributed by atoms with E-state index >= 15 is 0 Å². The number of hydrogen-bond acceptors (Lipinski definition) is 6. The van der Waals surface area contributed by atoms with E-state index in [1.165, 1.54) is 5.56 Å². The number of rotatable bonds is 4. The highest BCUT2D eigenvalue weighted by Gasteiger charge is 2.25. The number of hydrogen-bond donors (Lipinski definition) is 0. The average Bonchev–Trinajstić information content (AvgIpc) is 3.22. The number of fused-ring (bicyclic) bond motifs is 1. The molecule has 1 aliphatic rings. The molecule has 4 rings (SSSR count). The first kappa shape index (κ1) is 16.2. The largest absolute Gasteiger partial charge is 0.338 e. The summed E-state index contributed by atoms with van der Waals surface area (Å²) in [6.07, 6.45) is 4.20. The van der Waals surface area contributed by atoms with Gasteiger partial charge in [-0.1, -0.05) is 11.2 Å². The maximum Gasteiger partial charge on any atom is 0.243 e. The van der Waals surface area contributed by atoms with Gasteiger partial charge in [-0.25, -0.2) is 4.98 Å². The Morgan fingerprint density at radius 2 is 1.96 bits per heavy atom. The normalized spacial score (nSPS) is 18.0. The monoisotopic (exact) mass is 340 g/mol. The van der Waals surface area contributed by atoms with E-state index in [0.717, 1.165) is 44.1 Å². The summed E-state index contributed by atoms with van der Waals surface area (Å²) in [5.74, 6) is 1.41. The highest BCUT2D eigenvalue weighted by molar-refractivity contribution is 5.47. The predicted molar refractivity (Wildman–Crippen MR) is 94.2 cm³/mol. The lowest BCUT2D eigenvalue weighted by molar-refractivity contribution is 0.0839. The van der Waals surface area contributed by atoms with Gasteiger partial charge in [-0.3, -0.25) is 9.80 Å². The molecule has 0 spiro atoms. The number of aryl methyl sites for hydroxylation is 2. The van der Waals surface area contributed by atoms with E-state index in [4.69, 9.17) is 9.51 Å². The van der Waals surface area contributed by atoms with Gasteiger partial charge in [-0.05, 0) is 32.4 Å². The second kappa shape index (κ2) is 6.57. The quantitative estimate of drug-likeness (QED) is 0.726. The molecule has 25 heavy (non-hydrogen) atoms. The van der Waals surface area contributed by atoms with Crippen LogP contribution < -0.4 is 0 Å². The molecule has 0 radical (unpaired) electrons. The van der Waals surface area contributed by atoms with Crippen LogP contribution in [0.4, 0.5) is 0 Å². The Bertz CT molecular complexity index is 861. The van der Waals surface area contributed by atoms with E-state index in [1.54, 1.807) is 0 Å². The van der Waals surface area contributed by atoms with Gasteiger partial charge in [0.25, 0.3) is 0 Å². The number of piperazine rings is 1. The molecule has 0 N–H and O–H groups in total. The summed E-state index contributed by atoms with van der Waals surface area (Å²) in [5, 5.41) is 3.90. The molecular formula is C18H24N6O. The third kappa shape index (κ3) is 3.29. The van der Waals surface area contributed by atoms with Crippen LogP contribution in [0.5, 0.6) is 0 Å². The fourth-order valence-electron chi connectivity index (χ4n) is 3.46. The van der Waals surface area contributed by atoms with E-state index in [9.17, 15) is 0 Å². The van der Waals surface area contributed by atoms with Gasteiger partial charge in [0.2, 0.25) is 5.89 Å². The fraction of sp³-hybridized carbons (Fsp3) is 0.500. The predicted octanol–water partition coefficient (Wildman–Crippen LogP) is 2.21. The van der Waals surface area contributed by atoms with Crippen molar-refractivity contribution in [1.82, 2.24) is 29.3 Å². The highest BCUT2D eigenvalue weighted by atomic mass is 16.5. The summed E-state index contributed by atoms with van der Waals surface area (Å²) in [4.78, 5) is 14.0. The number of aromatic nitrogens is 4. The van der Waals surface area contributed by atoms with Crippen LogP contribution in [0.3, 0.4) is 0 Å². The molecular weight excluding hydrogens is 316 g/mol. The van der Waals surface area contributed by atoms with Gasteiger partial charge in [0.05, 0.1) is 11.7 Å². The summed E-state index contributed by atoms with van der Waals surface area (Å²) in [7, 11) is 0. The van der Waals surface area contributed by atoms with Crippen molar-refractivity contribution in [3.63, 3.8) is 0 Å². The van der Waals surface area contributed by atoms with E-state index < -0.39 is 0 Å². The van der Waals surface area contributed by atoms with Crippen molar-refractivity contribution in [2.24, 2.45) is 0 Å². The van der Waals surface area contributed by atoms with Gasteiger partial charge in [0, 0.05) is 45.1 Å². The Morgan fingerprint density at radius 3 is 2.64 bits per heavy atom. The summed E-state index contributed by atoms with van der Waals surface area (Å²) in [5.41, 5.74) is 3.39. The maximum atomic E-state index is 5.32. The molecule has 0 amide bonds. The zero-order valence-electron chi connectivity index (χ0n) is 15.0. The topological polar surface area (TPSA) is 62.7 Å². The van der Waals surface area contributed by atoms with Crippen LogP contribution in [0.15, 0.2) is 29.0 Å². The lowest BCUT2D eigenvalue weighted by Crippen LogP contribution is -2.46. The molecule has 0 bridgehead atoms. The van der Waals surface area contributed by atoms with Crippen LogP contribution in [0.2, 0.25) is 0 Å². The van der Waals surface area contributed by atoms with Crippen LogP contribution in [-0.2, 0) is 6.54 Å². The van der Waals surface area contributed by atoms with Gasteiger partial charge in [0.1, 0.15) is 5.65 Å². The van der Waals surface area contributed by atoms with Crippen molar-refractivity contribution >= 4 is 5.65 Å². The number of pyridine rings is 1. The zero-order chi connectivity index (χ0) is 17.4. The Balaban J connectivity index is 1.37. The Labute approximate surface area is 147 Å². The molecule has 1 atom stereocenters. The van der Waals surface area contributed by atoms with E-state index in [2.05, 4.69) is 62.7 Å². The SMILES string of the molecule is Cc1noc([C@H](C)N2CCN(Cc3cn4cccc(C)c4n3)CC2)n1. The molecule has 4 heterocycles. The van der Waals surface area contributed by atoms with E-state index in [1.807, 2.05) is 6.92 Å². The molecule has 0 unspecified atom stereocenters. The fourth-order valence-corrected chi connectivity index (χ4v) is 3.46. The van der Waals surface area contributed by atoms with Crippen molar-refractivity contribution in [2.75, 3.05) is 26.2 Å². The van der Waals surface area contributed by atoms with Crippen LogP contribution >= 0.6 is 0 Å². The second-order valence-electron chi connectivity index (χ2n) is 6.82. The molecule has 132 valence electrons. The van der Waals surface area contributed by atoms with Crippen molar-refractivity contribution < 1.29 is 4.52 Å². The lowest BCUT2D eigenvalue weighted by atomic mass is 10.2. The minimum Gasteiger partial charge on any atom is -0.338 e.